The van der Waals surface area contributed by atoms with Crippen molar-refractivity contribution in [2.24, 2.45) is 4.99 Å². The van der Waals surface area contributed by atoms with E-state index in [9.17, 15) is 10.1 Å². The lowest BCUT2D eigenvalue weighted by Crippen LogP contribution is -2.23. The Balaban J connectivity index is 1.64. The minimum Gasteiger partial charge on any atom is -0.492 e. The van der Waals surface area contributed by atoms with Gasteiger partial charge in [-0.2, -0.15) is 5.26 Å². The third-order valence-corrected chi connectivity index (χ3v) is 7.21. The molecule has 1 fully saturated rings. The summed E-state index contributed by atoms with van der Waals surface area (Å²) >= 11 is 6.54. The number of benzene rings is 2. The molecule has 0 bridgehead atoms. The Morgan fingerprint density at radius 2 is 2.10 bits per heavy atom. The number of nitrogens with zero attached hydrogens (tertiary/aromatic N) is 4. The van der Waals surface area contributed by atoms with Gasteiger partial charge in [-0.05, 0) is 70.6 Å². The molecule has 1 amide bonds. The number of rotatable bonds is 11. The van der Waals surface area contributed by atoms with Crippen molar-refractivity contribution in [2.75, 3.05) is 44.5 Å². The van der Waals surface area contributed by atoms with Crippen LogP contribution in [0.25, 0.3) is 10.9 Å². The highest BCUT2D eigenvalue weighted by Gasteiger charge is 2.19. The number of fused-ring (bicyclic) bond motifs is 1. The quantitative estimate of drug-likeness (QED) is 0.194. The fraction of sp³-hybridized carbons (Fsp3) is 0.312. The fourth-order valence-corrected chi connectivity index (χ4v) is 4.97. The Morgan fingerprint density at radius 1 is 1.26 bits per heavy atom. The van der Waals surface area contributed by atoms with Crippen LogP contribution in [0.15, 0.2) is 65.8 Å². The molecule has 0 radical (unpaired) electrons. The molecule has 2 N–H and O–H groups in total. The van der Waals surface area contributed by atoms with Crippen LogP contribution in [0.2, 0.25) is 5.02 Å². The molecule has 1 aliphatic heterocycles. The third-order valence-electron chi connectivity index (χ3n) is 6.92. The molecule has 0 spiro atoms. The van der Waals surface area contributed by atoms with E-state index in [0.29, 0.717) is 56.7 Å². The van der Waals surface area contributed by atoms with Gasteiger partial charge in [0.2, 0.25) is 5.91 Å². The first-order chi connectivity index (χ1) is 20.4. The van der Waals surface area contributed by atoms with Crippen molar-refractivity contribution >= 4 is 51.2 Å². The van der Waals surface area contributed by atoms with Gasteiger partial charge in [0.05, 0.1) is 39.8 Å². The Hall–Kier alpha value is -4.39. The molecular formula is C32H35ClN6O3. The molecule has 0 aliphatic carbocycles. The Morgan fingerprint density at radius 3 is 2.76 bits per heavy atom. The van der Waals surface area contributed by atoms with Crippen molar-refractivity contribution in [1.29, 1.82) is 5.26 Å². The van der Waals surface area contributed by atoms with E-state index < -0.39 is 0 Å². The molecule has 42 heavy (non-hydrogen) atoms. The summed E-state index contributed by atoms with van der Waals surface area (Å²) in [6.07, 6.45) is 10.9. The lowest BCUT2D eigenvalue weighted by molar-refractivity contribution is -0.112. The second kappa shape index (κ2) is 14.5. The standard InChI is InChI=1S/C32H35ClN6O3/c1-5-8-23(35-3)20-42-29-12-10-22(15-26(29)33)37-32-21(18-34)19-36-27-17-30(41-6-2)28(16-25(27)32)38-31(40)13-11-24-9-7-14-39(24)4/h5,8,10-13,15-17,19,24H,6-7,9,14,20H2,1-4H3,(H,36,37)(H,38,40)/b8-5-,13-11+,35-23?/t24-/m1/s1. The number of likely N-dealkylation sites (N-methyl/N-ethyl adjacent to an activating group) is 1. The highest BCUT2D eigenvalue weighted by molar-refractivity contribution is 6.32. The predicted octanol–water partition coefficient (Wildman–Crippen LogP) is 6.52. The van der Waals surface area contributed by atoms with Gasteiger partial charge in [-0.25, -0.2) is 0 Å². The monoisotopic (exact) mass is 586 g/mol. The second-order valence-corrected chi connectivity index (χ2v) is 10.2. The number of aliphatic imine (C=N–C) groups is 1. The van der Waals surface area contributed by atoms with Crippen LogP contribution in [-0.4, -0.2) is 61.4 Å². The van der Waals surface area contributed by atoms with Crippen LogP contribution in [0.5, 0.6) is 11.5 Å². The summed E-state index contributed by atoms with van der Waals surface area (Å²) in [5, 5.41) is 17.2. The number of carbonyl (C=O) groups is 1. The van der Waals surface area contributed by atoms with Gasteiger partial charge >= 0.3 is 0 Å². The summed E-state index contributed by atoms with van der Waals surface area (Å²) in [7, 11) is 3.76. The van der Waals surface area contributed by atoms with Crippen LogP contribution in [0.3, 0.4) is 0 Å². The molecule has 3 aromatic rings. The highest BCUT2D eigenvalue weighted by Crippen LogP contribution is 2.37. The fourth-order valence-electron chi connectivity index (χ4n) is 4.74. The van der Waals surface area contributed by atoms with Gasteiger partial charge in [-0.1, -0.05) is 23.8 Å². The summed E-state index contributed by atoms with van der Waals surface area (Å²) in [6, 6.07) is 11.3. The number of likely N-dealkylation sites (tertiary alicyclic amines) is 1. The minimum atomic E-state index is -0.261. The van der Waals surface area contributed by atoms with E-state index in [4.69, 9.17) is 21.1 Å². The van der Waals surface area contributed by atoms with Gasteiger partial charge in [0.25, 0.3) is 0 Å². The number of nitrogens with one attached hydrogen (secondary N) is 2. The zero-order valence-corrected chi connectivity index (χ0v) is 25.0. The normalized spacial score (nSPS) is 15.8. The number of anilines is 3. The van der Waals surface area contributed by atoms with E-state index in [1.54, 1.807) is 37.4 Å². The Bertz CT molecular complexity index is 1580. The molecule has 218 valence electrons. The lowest BCUT2D eigenvalue weighted by atomic mass is 10.1. The number of nitriles is 1. The Labute approximate surface area is 251 Å². The van der Waals surface area contributed by atoms with Crippen molar-refractivity contribution in [3.05, 3.63) is 71.4 Å². The van der Waals surface area contributed by atoms with E-state index in [2.05, 4.69) is 38.6 Å². The van der Waals surface area contributed by atoms with Gasteiger partial charge < -0.3 is 20.1 Å². The Kier molecular flexibility index (Phi) is 10.5. The molecule has 2 aromatic carbocycles. The van der Waals surface area contributed by atoms with Gasteiger partial charge in [0, 0.05) is 42.5 Å². The van der Waals surface area contributed by atoms with Crippen molar-refractivity contribution in [3.8, 4) is 17.6 Å². The second-order valence-electron chi connectivity index (χ2n) is 9.77. The average molecular weight is 587 g/mol. The van der Waals surface area contributed by atoms with E-state index in [-0.39, 0.29) is 18.6 Å². The number of allylic oxidation sites excluding steroid dienone is 1. The van der Waals surface area contributed by atoms with Crippen LogP contribution < -0.4 is 20.1 Å². The largest absolute Gasteiger partial charge is 0.492 e. The first kappa shape index (κ1) is 30.6. The summed E-state index contributed by atoms with van der Waals surface area (Å²) in [5.74, 6) is 0.740. The van der Waals surface area contributed by atoms with E-state index in [1.807, 2.05) is 38.1 Å². The lowest BCUT2D eigenvalue weighted by Gasteiger charge is -2.17. The van der Waals surface area contributed by atoms with Gasteiger partial charge in [-0.15, -0.1) is 0 Å². The highest BCUT2D eigenvalue weighted by atomic mass is 35.5. The maximum Gasteiger partial charge on any atom is 0.248 e. The molecule has 4 rings (SSSR count). The van der Waals surface area contributed by atoms with Crippen LogP contribution in [0.1, 0.15) is 32.3 Å². The number of carbonyl (C=O) groups excluding carboxylic acids is 1. The molecule has 1 saturated heterocycles. The van der Waals surface area contributed by atoms with Crippen LogP contribution in [-0.2, 0) is 4.79 Å². The average Bonchev–Trinajstić information content (AvgIpc) is 3.40. The minimum absolute atomic E-state index is 0.246. The maximum atomic E-state index is 12.9. The zero-order valence-electron chi connectivity index (χ0n) is 24.3. The molecule has 0 saturated carbocycles. The predicted molar refractivity (Wildman–Crippen MR) is 169 cm³/mol. The molecule has 1 atom stereocenters. The van der Waals surface area contributed by atoms with Crippen LogP contribution >= 0.6 is 11.6 Å². The molecule has 2 heterocycles. The SMILES string of the molecule is C/C=C\C(COc1ccc(Nc2c(C#N)cnc3cc(OCC)c(NC(=O)/C=C/[C@H]4CCCN4C)cc23)cc1Cl)=NC. The van der Waals surface area contributed by atoms with Gasteiger partial charge in [-0.3, -0.25) is 19.7 Å². The van der Waals surface area contributed by atoms with Crippen LogP contribution in [0, 0.1) is 11.3 Å². The molecule has 9 nitrogen and oxygen atoms in total. The maximum absolute atomic E-state index is 12.9. The van der Waals surface area contributed by atoms with E-state index in [1.165, 1.54) is 6.20 Å². The molecule has 1 aromatic heterocycles. The van der Waals surface area contributed by atoms with E-state index >= 15 is 0 Å². The van der Waals surface area contributed by atoms with Crippen LogP contribution in [0.4, 0.5) is 17.1 Å². The smallest absolute Gasteiger partial charge is 0.248 e. The summed E-state index contributed by atoms with van der Waals surface area (Å²) < 4.78 is 11.7. The molecule has 1 aliphatic rings. The van der Waals surface area contributed by atoms with Crippen molar-refractivity contribution in [1.82, 2.24) is 9.88 Å². The number of pyridine rings is 1. The van der Waals surface area contributed by atoms with Gasteiger partial charge in [0.15, 0.2) is 0 Å². The summed E-state index contributed by atoms with van der Waals surface area (Å²) in [5.41, 5.74) is 3.38. The number of hydrogen-bond donors (Lipinski definition) is 2. The number of aromatic nitrogens is 1. The number of ether oxygens (including phenoxy) is 2. The van der Waals surface area contributed by atoms with Gasteiger partial charge in [0.1, 0.15) is 24.2 Å². The topological polar surface area (TPSA) is 112 Å². The molecule has 10 heteroatoms. The molecular weight excluding hydrogens is 552 g/mol. The number of hydrogen-bond acceptors (Lipinski definition) is 8. The van der Waals surface area contributed by atoms with Crippen molar-refractivity contribution in [3.63, 3.8) is 0 Å². The first-order valence-corrected chi connectivity index (χ1v) is 14.2. The van der Waals surface area contributed by atoms with Crippen molar-refractivity contribution in [2.45, 2.75) is 32.7 Å². The third kappa shape index (κ3) is 7.46. The van der Waals surface area contributed by atoms with E-state index in [0.717, 1.165) is 25.1 Å². The first-order valence-electron chi connectivity index (χ1n) is 13.8. The van der Waals surface area contributed by atoms with Crippen molar-refractivity contribution < 1.29 is 14.3 Å². The number of amides is 1. The summed E-state index contributed by atoms with van der Waals surface area (Å²) in [6.45, 7) is 5.50. The summed E-state index contributed by atoms with van der Waals surface area (Å²) in [4.78, 5) is 23.8. The number of halogens is 1. The molecule has 0 unspecified atom stereocenters. The zero-order chi connectivity index (χ0) is 30.1.